The zero-order valence-corrected chi connectivity index (χ0v) is 11.3. The lowest BCUT2D eigenvalue weighted by atomic mass is 10.2. The maximum atomic E-state index is 5.85. The largest absolute Gasteiger partial charge is 0.408 e. The summed E-state index contributed by atoms with van der Waals surface area (Å²) in [5, 5.41) is 8.13. The Hall–Kier alpha value is -1.50. The topological polar surface area (TPSA) is 54.7 Å². The number of H-pyrrole nitrogens is 1. The number of hydrogen-bond donors (Lipinski definition) is 1. The monoisotopic (exact) mass is 295 g/mol. The number of benzene rings is 1. The van der Waals surface area contributed by atoms with Crippen LogP contribution >= 0.6 is 35.2 Å². The highest BCUT2D eigenvalue weighted by Gasteiger charge is 2.10. The number of nitrogens with one attached hydrogen (secondary N) is 1. The predicted molar refractivity (Wildman–Crippen MR) is 73.2 cm³/mol. The molecule has 2 heterocycles. The van der Waals surface area contributed by atoms with Crippen LogP contribution in [0.15, 0.2) is 34.9 Å². The van der Waals surface area contributed by atoms with Crippen LogP contribution in [-0.2, 0) is 0 Å². The van der Waals surface area contributed by atoms with Crippen molar-refractivity contribution in [2.24, 2.45) is 0 Å². The maximum absolute atomic E-state index is 5.85. The standard InChI is InChI=1S/C11H6ClN3OS2/c12-7-3-1-6(2-4-7)10-13-5-8(18-10)9-14-15-11(17)16-9/h1-5H,(H,15,17). The van der Waals surface area contributed by atoms with Crippen molar-refractivity contribution >= 4 is 35.2 Å². The highest BCUT2D eigenvalue weighted by molar-refractivity contribution is 7.71. The van der Waals surface area contributed by atoms with Crippen molar-refractivity contribution in [3.8, 4) is 21.3 Å². The number of aromatic amines is 1. The van der Waals surface area contributed by atoms with Gasteiger partial charge in [-0.1, -0.05) is 23.7 Å². The fraction of sp³-hybridized carbons (Fsp3) is 0. The van der Waals surface area contributed by atoms with E-state index >= 15 is 0 Å². The van der Waals surface area contributed by atoms with Gasteiger partial charge in [0, 0.05) is 10.6 Å². The third kappa shape index (κ3) is 2.22. The average molecular weight is 296 g/mol. The van der Waals surface area contributed by atoms with Crippen LogP contribution in [0, 0.1) is 4.84 Å². The Morgan fingerprint density at radius 2 is 2.06 bits per heavy atom. The Morgan fingerprint density at radius 1 is 1.28 bits per heavy atom. The first-order valence-corrected chi connectivity index (χ1v) is 6.60. The highest BCUT2D eigenvalue weighted by Crippen LogP contribution is 2.31. The molecule has 3 aromatic rings. The predicted octanol–water partition coefficient (Wildman–Crippen LogP) is 4.18. The molecule has 0 atom stereocenters. The van der Waals surface area contributed by atoms with E-state index in [-0.39, 0.29) is 4.84 Å². The molecule has 0 fully saturated rings. The lowest BCUT2D eigenvalue weighted by molar-refractivity contribution is 0.553. The molecule has 90 valence electrons. The minimum Gasteiger partial charge on any atom is -0.408 e. The second-order valence-electron chi connectivity index (χ2n) is 3.45. The smallest absolute Gasteiger partial charge is 0.284 e. The molecular weight excluding hydrogens is 290 g/mol. The zero-order chi connectivity index (χ0) is 12.5. The minimum atomic E-state index is 0.256. The first kappa shape index (κ1) is 11.6. The quantitative estimate of drug-likeness (QED) is 0.721. The molecule has 0 aliphatic carbocycles. The van der Waals surface area contributed by atoms with E-state index in [2.05, 4.69) is 15.2 Å². The molecule has 7 heteroatoms. The fourth-order valence-electron chi connectivity index (χ4n) is 1.43. The van der Waals surface area contributed by atoms with Gasteiger partial charge in [-0.25, -0.2) is 10.1 Å². The van der Waals surface area contributed by atoms with Crippen molar-refractivity contribution in [1.82, 2.24) is 15.2 Å². The van der Waals surface area contributed by atoms with Crippen molar-refractivity contribution in [2.45, 2.75) is 0 Å². The molecule has 0 aliphatic heterocycles. The van der Waals surface area contributed by atoms with E-state index in [1.807, 2.05) is 24.3 Å². The normalized spacial score (nSPS) is 10.7. The zero-order valence-electron chi connectivity index (χ0n) is 8.88. The van der Waals surface area contributed by atoms with E-state index in [1.54, 1.807) is 6.20 Å². The molecule has 0 radical (unpaired) electrons. The van der Waals surface area contributed by atoms with Crippen LogP contribution in [-0.4, -0.2) is 15.2 Å². The van der Waals surface area contributed by atoms with Gasteiger partial charge in [-0.15, -0.1) is 16.4 Å². The molecule has 0 aliphatic rings. The molecule has 0 amide bonds. The SMILES string of the molecule is S=c1[nH]nc(-c2cnc(-c3ccc(Cl)cc3)s2)o1. The van der Waals surface area contributed by atoms with Crippen molar-refractivity contribution in [3.05, 3.63) is 40.3 Å². The van der Waals surface area contributed by atoms with E-state index in [0.29, 0.717) is 10.9 Å². The van der Waals surface area contributed by atoms with Gasteiger partial charge in [0.25, 0.3) is 10.7 Å². The molecule has 1 aromatic carbocycles. The number of aromatic nitrogens is 3. The van der Waals surface area contributed by atoms with Gasteiger partial charge in [0.15, 0.2) is 0 Å². The average Bonchev–Trinajstić information content (AvgIpc) is 2.98. The van der Waals surface area contributed by atoms with E-state index in [1.165, 1.54) is 11.3 Å². The van der Waals surface area contributed by atoms with Crippen LogP contribution in [0.4, 0.5) is 0 Å². The van der Waals surface area contributed by atoms with Gasteiger partial charge in [0.05, 0.1) is 6.20 Å². The second-order valence-corrected chi connectivity index (χ2v) is 5.29. The number of rotatable bonds is 2. The maximum Gasteiger partial charge on any atom is 0.284 e. The Morgan fingerprint density at radius 3 is 2.72 bits per heavy atom. The number of halogens is 1. The summed E-state index contributed by atoms with van der Waals surface area (Å²) < 4.78 is 5.24. The third-order valence-electron chi connectivity index (χ3n) is 2.25. The van der Waals surface area contributed by atoms with Gasteiger partial charge in [-0.2, -0.15) is 0 Å². The summed E-state index contributed by atoms with van der Waals surface area (Å²) in [6.45, 7) is 0. The first-order valence-electron chi connectivity index (χ1n) is 5.00. The molecule has 0 saturated heterocycles. The van der Waals surface area contributed by atoms with Gasteiger partial charge in [0.1, 0.15) is 9.88 Å². The second kappa shape index (κ2) is 4.64. The van der Waals surface area contributed by atoms with Gasteiger partial charge in [0.2, 0.25) is 0 Å². The van der Waals surface area contributed by atoms with Crippen LogP contribution < -0.4 is 0 Å². The van der Waals surface area contributed by atoms with E-state index < -0.39 is 0 Å². The first-order chi connectivity index (χ1) is 8.72. The van der Waals surface area contributed by atoms with Crippen LogP contribution in [0.3, 0.4) is 0 Å². The molecule has 0 spiro atoms. The van der Waals surface area contributed by atoms with Gasteiger partial charge in [-0.3, -0.25) is 0 Å². The molecule has 0 unspecified atom stereocenters. The van der Waals surface area contributed by atoms with Gasteiger partial charge in [-0.05, 0) is 24.4 Å². The highest BCUT2D eigenvalue weighted by atomic mass is 35.5. The van der Waals surface area contributed by atoms with Crippen LogP contribution in [0.5, 0.6) is 0 Å². The van der Waals surface area contributed by atoms with Gasteiger partial charge < -0.3 is 4.42 Å². The Kier molecular flexibility index (Phi) is 2.99. The van der Waals surface area contributed by atoms with Crippen molar-refractivity contribution in [3.63, 3.8) is 0 Å². The molecular formula is C11H6ClN3OS2. The Bertz CT molecular complexity index is 729. The number of thiazole rings is 1. The fourth-order valence-corrected chi connectivity index (χ4v) is 2.53. The molecule has 18 heavy (non-hydrogen) atoms. The molecule has 3 rings (SSSR count). The minimum absolute atomic E-state index is 0.256. The Labute approximate surface area is 116 Å². The third-order valence-corrected chi connectivity index (χ3v) is 3.71. The lowest BCUT2D eigenvalue weighted by Gasteiger charge is -1.94. The van der Waals surface area contributed by atoms with Gasteiger partial charge >= 0.3 is 0 Å². The summed E-state index contributed by atoms with van der Waals surface area (Å²) in [5.74, 6) is 0.456. The summed E-state index contributed by atoms with van der Waals surface area (Å²) in [7, 11) is 0. The molecule has 0 bridgehead atoms. The lowest BCUT2D eigenvalue weighted by Crippen LogP contribution is -1.73. The van der Waals surface area contributed by atoms with E-state index in [0.717, 1.165) is 15.4 Å². The van der Waals surface area contributed by atoms with E-state index in [4.69, 9.17) is 28.2 Å². The molecule has 4 nitrogen and oxygen atoms in total. The summed E-state index contributed by atoms with van der Waals surface area (Å²) in [4.78, 5) is 5.41. The van der Waals surface area contributed by atoms with Crippen LogP contribution in [0.25, 0.3) is 21.3 Å². The van der Waals surface area contributed by atoms with Crippen molar-refractivity contribution in [2.75, 3.05) is 0 Å². The van der Waals surface area contributed by atoms with Crippen LogP contribution in [0.2, 0.25) is 5.02 Å². The molecule has 1 N–H and O–H groups in total. The number of hydrogen-bond acceptors (Lipinski definition) is 5. The number of nitrogens with zero attached hydrogens (tertiary/aromatic N) is 2. The molecule has 2 aromatic heterocycles. The summed E-state index contributed by atoms with van der Waals surface area (Å²) in [6, 6.07) is 7.51. The van der Waals surface area contributed by atoms with Crippen molar-refractivity contribution < 1.29 is 4.42 Å². The van der Waals surface area contributed by atoms with Crippen molar-refractivity contribution in [1.29, 1.82) is 0 Å². The summed E-state index contributed by atoms with van der Waals surface area (Å²) in [5.41, 5.74) is 1.00. The summed E-state index contributed by atoms with van der Waals surface area (Å²) in [6.07, 6.45) is 1.71. The van der Waals surface area contributed by atoms with E-state index in [9.17, 15) is 0 Å². The molecule has 0 saturated carbocycles. The summed E-state index contributed by atoms with van der Waals surface area (Å²) >= 11 is 12.2. The van der Waals surface area contributed by atoms with Crippen LogP contribution in [0.1, 0.15) is 0 Å². The Balaban J connectivity index is 1.98.